The number of hydrogen-bond acceptors (Lipinski definition) is 9. The van der Waals surface area contributed by atoms with Crippen molar-refractivity contribution >= 4 is 49.9 Å². The second-order valence-electron chi connectivity index (χ2n) is 6.73. The molecule has 156 valence electrons. The number of primary amides is 1. The lowest BCUT2D eigenvalue weighted by atomic mass is 10.0. The van der Waals surface area contributed by atoms with Gasteiger partial charge in [0.15, 0.2) is 0 Å². The standard InChI is InChI=1S/C19H11N3O7S2/c20-19(23)9-3-8-4-11(31(25,26)27)7-13-16(8)12(5-9)17-18(13)21-14-2-1-10(30-29-28-24)6-15(14)22-17/h1-7,24H,(H2,20,23)(H,25,26,27). The number of fused-ring (bicyclic) bond motifs is 4. The van der Waals surface area contributed by atoms with Crippen LogP contribution in [0.4, 0.5) is 0 Å². The van der Waals surface area contributed by atoms with Crippen LogP contribution in [-0.2, 0) is 19.5 Å². The number of carbonyl (C=O) groups is 1. The van der Waals surface area contributed by atoms with Gasteiger partial charge in [-0.2, -0.15) is 8.42 Å². The van der Waals surface area contributed by atoms with Gasteiger partial charge in [0.25, 0.3) is 10.1 Å². The molecule has 0 unspecified atom stereocenters. The fourth-order valence-electron chi connectivity index (χ4n) is 3.67. The van der Waals surface area contributed by atoms with Gasteiger partial charge >= 0.3 is 0 Å². The van der Waals surface area contributed by atoms with Gasteiger partial charge in [-0.1, -0.05) is 5.04 Å². The molecule has 1 aromatic heterocycles. The molecule has 1 amide bonds. The van der Waals surface area contributed by atoms with E-state index in [9.17, 15) is 17.8 Å². The van der Waals surface area contributed by atoms with Crippen molar-refractivity contribution in [2.45, 2.75) is 9.79 Å². The molecule has 0 fully saturated rings. The minimum Gasteiger partial charge on any atom is -0.366 e. The Hall–Kier alpha value is -3.13. The van der Waals surface area contributed by atoms with Crippen LogP contribution in [0.15, 0.2) is 52.3 Å². The Morgan fingerprint density at radius 1 is 1.00 bits per heavy atom. The van der Waals surface area contributed by atoms with E-state index in [2.05, 4.69) is 19.3 Å². The Bertz CT molecular complexity index is 1540. The lowest BCUT2D eigenvalue weighted by molar-refractivity contribution is -0.432. The normalized spacial score (nSPS) is 12.5. The summed E-state index contributed by atoms with van der Waals surface area (Å²) >= 11 is 0.766. The van der Waals surface area contributed by atoms with E-state index in [0.717, 1.165) is 12.0 Å². The average Bonchev–Trinajstić information content (AvgIpc) is 3.03. The fourth-order valence-corrected chi connectivity index (χ4v) is 4.60. The zero-order chi connectivity index (χ0) is 21.9. The van der Waals surface area contributed by atoms with Crippen LogP contribution in [0.1, 0.15) is 10.4 Å². The molecule has 1 aliphatic carbocycles. The van der Waals surface area contributed by atoms with E-state index in [1.165, 1.54) is 18.2 Å². The van der Waals surface area contributed by atoms with Gasteiger partial charge in [-0.3, -0.25) is 9.35 Å². The predicted octanol–water partition coefficient (Wildman–Crippen LogP) is 3.20. The molecule has 0 saturated carbocycles. The summed E-state index contributed by atoms with van der Waals surface area (Å²) < 4.78 is 37.7. The Morgan fingerprint density at radius 2 is 1.71 bits per heavy atom. The Balaban J connectivity index is 1.83. The van der Waals surface area contributed by atoms with Crippen molar-refractivity contribution in [2.75, 3.05) is 0 Å². The summed E-state index contributed by atoms with van der Waals surface area (Å²) in [6, 6.07) is 10.7. The van der Waals surface area contributed by atoms with Crippen LogP contribution in [0.5, 0.6) is 0 Å². The largest absolute Gasteiger partial charge is 0.366 e. The zero-order valence-corrected chi connectivity index (χ0v) is 16.9. The molecular weight excluding hydrogens is 446 g/mol. The zero-order valence-electron chi connectivity index (χ0n) is 15.3. The topological polar surface area (TPSA) is 162 Å². The summed E-state index contributed by atoms with van der Waals surface area (Å²) in [5.41, 5.74) is 8.51. The molecule has 31 heavy (non-hydrogen) atoms. The number of benzene rings is 3. The summed E-state index contributed by atoms with van der Waals surface area (Å²) in [6.45, 7) is 0. The van der Waals surface area contributed by atoms with Gasteiger partial charge in [-0.05, 0) is 47.9 Å². The van der Waals surface area contributed by atoms with Gasteiger partial charge in [-0.25, -0.2) is 15.2 Å². The number of nitrogens with zero attached hydrogens (tertiary/aromatic N) is 2. The van der Waals surface area contributed by atoms with Crippen molar-refractivity contribution in [1.29, 1.82) is 0 Å². The number of rotatable bonds is 5. The van der Waals surface area contributed by atoms with E-state index < -0.39 is 16.0 Å². The fraction of sp³-hybridized carbons (Fsp3) is 0. The monoisotopic (exact) mass is 457 g/mol. The highest BCUT2D eigenvalue weighted by molar-refractivity contribution is 7.94. The SMILES string of the molecule is NC(=O)c1cc2c3c(cc(S(=O)(=O)O)cc3c1)-c1nc3ccc(SOOO)cc3nc1-2. The molecule has 1 aliphatic rings. The van der Waals surface area contributed by atoms with Crippen LogP contribution in [0.2, 0.25) is 0 Å². The summed E-state index contributed by atoms with van der Waals surface area (Å²) in [4.78, 5) is 21.4. The molecular formula is C19H11N3O7S2. The van der Waals surface area contributed by atoms with Gasteiger partial charge in [-0.15, -0.1) is 4.33 Å². The van der Waals surface area contributed by atoms with Gasteiger partial charge in [0, 0.05) is 27.0 Å². The third-order valence-electron chi connectivity index (χ3n) is 4.91. The van der Waals surface area contributed by atoms with Crippen molar-refractivity contribution in [2.24, 2.45) is 5.73 Å². The average molecular weight is 457 g/mol. The van der Waals surface area contributed by atoms with E-state index in [4.69, 9.17) is 11.0 Å². The maximum absolute atomic E-state index is 11.9. The molecule has 0 radical (unpaired) electrons. The quantitative estimate of drug-likeness (QED) is 0.155. The van der Waals surface area contributed by atoms with E-state index in [0.29, 0.717) is 49.2 Å². The Morgan fingerprint density at radius 3 is 2.39 bits per heavy atom. The molecule has 0 saturated heterocycles. The van der Waals surface area contributed by atoms with Gasteiger partial charge in [0.05, 0.1) is 39.4 Å². The first-order chi connectivity index (χ1) is 14.8. The van der Waals surface area contributed by atoms with Crippen molar-refractivity contribution in [3.63, 3.8) is 0 Å². The second-order valence-corrected chi connectivity index (χ2v) is 8.93. The number of aromatic nitrogens is 2. The lowest BCUT2D eigenvalue weighted by Gasteiger charge is -2.06. The van der Waals surface area contributed by atoms with Crippen molar-refractivity contribution in [3.8, 4) is 22.5 Å². The molecule has 0 spiro atoms. The molecule has 3 aromatic carbocycles. The number of amides is 1. The minimum atomic E-state index is -4.51. The third kappa shape index (κ3) is 3.22. The summed E-state index contributed by atoms with van der Waals surface area (Å²) in [5, 5.41) is 13.0. The molecule has 12 heteroatoms. The van der Waals surface area contributed by atoms with Crippen LogP contribution in [-0.4, -0.2) is 34.1 Å². The van der Waals surface area contributed by atoms with Crippen molar-refractivity contribution < 1.29 is 32.4 Å². The third-order valence-corrected chi connectivity index (χ3v) is 6.32. The first-order valence-corrected chi connectivity index (χ1v) is 10.8. The van der Waals surface area contributed by atoms with E-state index >= 15 is 0 Å². The molecule has 0 aliphatic heterocycles. The van der Waals surface area contributed by atoms with E-state index in [-0.39, 0.29) is 10.5 Å². The smallest absolute Gasteiger partial charge is 0.294 e. The van der Waals surface area contributed by atoms with Crippen molar-refractivity contribution in [1.82, 2.24) is 9.97 Å². The number of hydrogen-bond donors (Lipinski definition) is 3. The van der Waals surface area contributed by atoms with Crippen LogP contribution >= 0.6 is 12.0 Å². The molecule has 10 nitrogen and oxygen atoms in total. The van der Waals surface area contributed by atoms with Crippen LogP contribution in [0.25, 0.3) is 44.3 Å². The van der Waals surface area contributed by atoms with Crippen LogP contribution < -0.4 is 5.73 Å². The van der Waals surface area contributed by atoms with Gasteiger partial charge < -0.3 is 5.73 Å². The predicted molar refractivity (Wildman–Crippen MR) is 110 cm³/mol. The maximum atomic E-state index is 11.9. The number of carbonyl (C=O) groups excluding carboxylic acids is 1. The van der Waals surface area contributed by atoms with Gasteiger partial charge in [0.1, 0.15) is 0 Å². The molecule has 1 heterocycles. The highest BCUT2D eigenvalue weighted by Gasteiger charge is 2.28. The highest BCUT2D eigenvalue weighted by Crippen LogP contribution is 2.47. The highest BCUT2D eigenvalue weighted by atomic mass is 32.2. The van der Waals surface area contributed by atoms with Crippen molar-refractivity contribution in [3.05, 3.63) is 48.0 Å². The van der Waals surface area contributed by atoms with Crippen LogP contribution in [0, 0.1) is 0 Å². The minimum absolute atomic E-state index is 0.161. The molecule has 4 N–H and O–H groups in total. The summed E-state index contributed by atoms with van der Waals surface area (Å²) in [7, 11) is -4.51. The maximum Gasteiger partial charge on any atom is 0.294 e. The molecule has 4 aromatic rings. The van der Waals surface area contributed by atoms with E-state index in [1.54, 1.807) is 24.3 Å². The first kappa shape index (κ1) is 19.8. The molecule has 5 rings (SSSR count). The summed E-state index contributed by atoms with van der Waals surface area (Å²) in [5.74, 6) is -0.695. The van der Waals surface area contributed by atoms with E-state index in [1.807, 2.05) is 0 Å². The lowest BCUT2D eigenvalue weighted by Crippen LogP contribution is -2.10. The first-order valence-electron chi connectivity index (χ1n) is 8.62. The Kier molecular flexibility index (Phi) is 4.44. The second kappa shape index (κ2) is 6.95. The van der Waals surface area contributed by atoms with Crippen LogP contribution in [0.3, 0.4) is 0 Å². The molecule has 0 atom stereocenters. The summed E-state index contributed by atoms with van der Waals surface area (Å²) in [6.07, 6.45) is 0. The Labute approximate surface area is 178 Å². The molecule has 0 bridgehead atoms. The van der Waals surface area contributed by atoms with Gasteiger partial charge in [0.2, 0.25) is 5.91 Å². The number of nitrogens with two attached hydrogens (primary N) is 1.